The molecule has 0 aliphatic rings. The highest BCUT2D eigenvalue weighted by Crippen LogP contribution is 2.19. The first-order valence-corrected chi connectivity index (χ1v) is 17.6. The monoisotopic (exact) mass is 636 g/mol. The molecule has 4 aromatic carbocycles. The topological polar surface area (TPSA) is 66.6 Å². The van der Waals surface area contributed by atoms with E-state index in [-0.39, 0.29) is 0 Å². The Hall–Kier alpha value is -4.00. The number of para-hydroxylation sites is 2. The molecule has 4 aromatic rings. The summed E-state index contributed by atoms with van der Waals surface area (Å²) in [5.41, 5.74) is 7.53. The molecule has 6 nitrogen and oxygen atoms in total. The second-order valence-electron chi connectivity index (χ2n) is 12.2. The molecule has 0 atom stereocenters. The number of benzene rings is 4. The van der Waals surface area contributed by atoms with Crippen LogP contribution in [0.1, 0.15) is 73.6 Å². The van der Waals surface area contributed by atoms with Crippen molar-refractivity contribution in [2.24, 2.45) is 0 Å². The summed E-state index contributed by atoms with van der Waals surface area (Å²) < 4.78 is 10.9. The van der Waals surface area contributed by atoms with E-state index in [1.54, 1.807) is 14.2 Å². The molecular weight excluding hydrogens is 580 g/mol. The lowest BCUT2D eigenvalue weighted by molar-refractivity contribution is 0.407. The van der Waals surface area contributed by atoms with Gasteiger partial charge in [-0.05, 0) is 92.7 Å². The molecule has 0 heterocycles. The minimum Gasteiger partial charge on any atom is -0.496 e. The Balaban J connectivity index is 0.985. The summed E-state index contributed by atoms with van der Waals surface area (Å²) in [6, 6.07) is 34.3. The number of unbranched alkanes of at least 4 members (excludes halogenated alkanes) is 6. The average Bonchev–Trinajstić information content (AvgIpc) is 3.12. The molecule has 4 rings (SSSR count). The van der Waals surface area contributed by atoms with E-state index in [9.17, 15) is 0 Å². The van der Waals surface area contributed by atoms with Gasteiger partial charge in [0.1, 0.15) is 11.5 Å². The minimum atomic E-state index is 0.858. The predicted molar refractivity (Wildman–Crippen MR) is 199 cm³/mol. The quantitative estimate of drug-likeness (QED) is 0.0577. The highest BCUT2D eigenvalue weighted by Gasteiger charge is 2.03. The summed E-state index contributed by atoms with van der Waals surface area (Å²) in [5.74, 6) is 1.92. The van der Waals surface area contributed by atoms with Gasteiger partial charge in [0, 0.05) is 48.7 Å². The van der Waals surface area contributed by atoms with Crippen LogP contribution in [-0.4, -0.2) is 40.4 Å². The van der Waals surface area contributed by atoms with Crippen molar-refractivity contribution in [2.75, 3.05) is 51.0 Å². The molecule has 0 unspecified atom stereocenters. The van der Waals surface area contributed by atoms with Gasteiger partial charge in [0.25, 0.3) is 0 Å². The van der Waals surface area contributed by atoms with Gasteiger partial charge in [-0.1, -0.05) is 86.3 Å². The second kappa shape index (κ2) is 21.7. The highest BCUT2D eigenvalue weighted by atomic mass is 16.5. The van der Waals surface area contributed by atoms with Crippen molar-refractivity contribution < 1.29 is 9.47 Å². The van der Waals surface area contributed by atoms with Gasteiger partial charge in [-0.2, -0.15) is 0 Å². The van der Waals surface area contributed by atoms with Gasteiger partial charge in [0.2, 0.25) is 0 Å². The van der Waals surface area contributed by atoms with Crippen LogP contribution in [0.25, 0.3) is 0 Å². The molecule has 0 bridgehead atoms. The third kappa shape index (κ3) is 13.7. The minimum absolute atomic E-state index is 0.858. The third-order valence-electron chi connectivity index (χ3n) is 8.55. The summed E-state index contributed by atoms with van der Waals surface area (Å²) >= 11 is 0. The Morgan fingerprint density at radius 2 is 0.809 bits per heavy atom. The maximum atomic E-state index is 5.43. The van der Waals surface area contributed by atoms with Gasteiger partial charge in [-0.25, -0.2) is 0 Å². The molecule has 0 aromatic heterocycles. The van der Waals surface area contributed by atoms with Gasteiger partial charge in [-0.15, -0.1) is 0 Å². The van der Waals surface area contributed by atoms with Crippen LogP contribution < -0.4 is 30.7 Å². The van der Waals surface area contributed by atoms with Crippen LogP contribution in [0.2, 0.25) is 0 Å². The molecule has 0 aliphatic carbocycles. The second-order valence-corrected chi connectivity index (χ2v) is 12.2. The fourth-order valence-electron chi connectivity index (χ4n) is 5.78. The standard InChI is InChI=1S/C41H56N4O2/c1-46-40-17-9-7-15-36(40)32-42-27-11-3-5-13-29-44-38-23-19-34(20-24-38)31-35-21-25-39(26-22-35)45-30-14-6-4-12-28-43-33-37-16-8-10-18-41(37)47-2/h7-10,15-26,42-45H,3-6,11-14,27-33H2,1-2H3. The fourth-order valence-corrected chi connectivity index (χ4v) is 5.78. The van der Waals surface area contributed by atoms with Crippen molar-refractivity contribution in [2.45, 2.75) is 70.9 Å². The number of nitrogens with one attached hydrogen (secondary N) is 4. The number of rotatable bonds is 24. The zero-order valence-electron chi connectivity index (χ0n) is 28.7. The lowest BCUT2D eigenvalue weighted by Crippen LogP contribution is -2.15. The Morgan fingerprint density at radius 3 is 1.21 bits per heavy atom. The zero-order valence-corrected chi connectivity index (χ0v) is 28.7. The molecule has 0 radical (unpaired) electrons. The van der Waals surface area contributed by atoms with Crippen molar-refractivity contribution in [1.82, 2.24) is 10.6 Å². The van der Waals surface area contributed by atoms with Crippen LogP contribution in [0.15, 0.2) is 97.1 Å². The van der Waals surface area contributed by atoms with Crippen LogP contribution in [0, 0.1) is 0 Å². The number of anilines is 2. The van der Waals surface area contributed by atoms with Crippen LogP contribution in [0.5, 0.6) is 11.5 Å². The van der Waals surface area contributed by atoms with Gasteiger partial charge in [0.15, 0.2) is 0 Å². The number of hydrogen-bond donors (Lipinski definition) is 4. The maximum absolute atomic E-state index is 5.43. The van der Waals surface area contributed by atoms with Gasteiger partial charge in [-0.3, -0.25) is 0 Å². The third-order valence-corrected chi connectivity index (χ3v) is 8.55. The Kier molecular flexibility index (Phi) is 16.6. The number of methoxy groups -OCH3 is 2. The summed E-state index contributed by atoms with van der Waals surface area (Å²) in [6.45, 7) is 5.83. The Labute approximate surface area is 283 Å². The van der Waals surface area contributed by atoms with Crippen LogP contribution in [0.3, 0.4) is 0 Å². The molecule has 0 amide bonds. The zero-order chi connectivity index (χ0) is 32.8. The summed E-state index contributed by atoms with van der Waals surface area (Å²) in [5, 5.41) is 14.3. The van der Waals surface area contributed by atoms with E-state index in [0.717, 1.165) is 57.2 Å². The number of ether oxygens (including phenoxy) is 2. The SMILES string of the molecule is COc1ccccc1CNCCCCCCNc1ccc(Cc2ccc(NCCCCCCNCc3ccccc3OC)cc2)cc1. The molecule has 0 saturated carbocycles. The van der Waals surface area contributed by atoms with Gasteiger partial charge < -0.3 is 30.7 Å². The van der Waals surface area contributed by atoms with Crippen molar-refractivity contribution >= 4 is 11.4 Å². The van der Waals surface area contributed by atoms with Crippen molar-refractivity contribution in [3.8, 4) is 11.5 Å². The fraction of sp³-hybridized carbons (Fsp3) is 0.415. The van der Waals surface area contributed by atoms with E-state index < -0.39 is 0 Å². The molecule has 0 spiro atoms. The van der Waals surface area contributed by atoms with Crippen molar-refractivity contribution in [3.05, 3.63) is 119 Å². The van der Waals surface area contributed by atoms with Crippen molar-refractivity contribution in [1.29, 1.82) is 0 Å². The first-order valence-electron chi connectivity index (χ1n) is 17.6. The first-order chi connectivity index (χ1) is 23.2. The molecule has 6 heteroatoms. The molecule has 0 saturated heterocycles. The predicted octanol–water partition coefficient (Wildman–Crippen LogP) is 8.82. The van der Waals surface area contributed by atoms with E-state index in [0.29, 0.717) is 0 Å². The van der Waals surface area contributed by atoms with Crippen LogP contribution in [-0.2, 0) is 19.5 Å². The van der Waals surface area contributed by atoms with E-state index >= 15 is 0 Å². The summed E-state index contributed by atoms with van der Waals surface area (Å²) in [6.07, 6.45) is 10.7. The van der Waals surface area contributed by atoms with E-state index in [1.807, 2.05) is 24.3 Å². The Morgan fingerprint density at radius 1 is 0.426 bits per heavy atom. The molecule has 4 N–H and O–H groups in total. The van der Waals surface area contributed by atoms with E-state index in [2.05, 4.69) is 94.1 Å². The van der Waals surface area contributed by atoms with E-state index in [1.165, 1.54) is 85.0 Å². The lowest BCUT2D eigenvalue weighted by Gasteiger charge is -2.10. The normalized spacial score (nSPS) is 10.9. The first kappa shape index (κ1) is 35.8. The molecule has 0 fully saturated rings. The van der Waals surface area contributed by atoms with Crippen molar-refractivity contribution in [3.63, 3.8) is 0 Å². The largest absolute Gasteiger partial charge is 0.496 e. The van der Waals surface area contributed by atoms with Crippen LogP contribution >= 0.6 is 0 Å². The molecular formula is C41H56N4O2. The molecule has 252 valence electrons. The summed E-state index contributed by atoms with van der Waals surface area (Å²) in [7, 11) is 3.46. The van der Waals surface area contributed by atoms with Crippen LogP contribution in [0.4, 0.5) is 11.4 Å². The average molecular weight is 637 g/mol. The smallest absolute Gasteiger partial charge is 0.123 e. The molecule has 0 aliphatic heterocycles. The molecule has 47 heavy (non-hydrogen) atoms. The lowest BCUT2D eigenvalue weighted by atomic mass is 10.0. The number of hydrogen-bond acceptors (Lipinski definition) is 6. The highest BCUT2D eigenvalue weighted by molar-refractivity contribution is 5.47. The summed E-state index contributed by atoms with van der Waals surface area (Å²) in [4.78, 5) is 0. The Bertz CT molecular complexity index is 1280. The van der Waals surface area contributed by atoms with E-state index in [4.69, 9.17) is 9.47 Å². The van der Waals surface area contributed by atoms with Gasteiger partial charge >= 0.3 is 0 Å². The maximum Gasteiger partial charge on any atom is 0.123 e. The van der Waals surface area contributed by atoms with Gasteiger partial charge in [0.05, 0.1) is 14.2 Å².